The summed E-state index contributed by atoms with van der Waals surface area (Å²) in [4.78, 5) is 26.1. The predicted molar refractivity (Wildman–Crippen MR) is 84.6 cm³/mol. The molecule has 0 radical (unpaired) electrons. The summed E-state index contributed by atoms with van der Waals surface area (Å²) in [5.74, 6) is 0.322. The summed E-state index contributed by atoms with van der Waals surface area (Å²) in [6.07, 6.45) is 5.36. The Morgan fingerprint density at radius 1 is 1.42 bits per heavy atom. The fraction of sp³-hybridized carbons (Fsp3) is 0.375. The number of carbonyl (C=O) groups excluding carboxylic acids is 2. The molecule has 3 heterocycles. The molecular weight excluding hydrogens is 310 g/mol. The maximum Gasteiger partial charge on any atom is 0.262 e. The van der Waals surface area contributed by atoms with E-state index >= 15 is 0 Å². The SMILES string of the molecule is O=C1COc2cc(C(=O)N3CCC[C@H]3Cn3ccnn3)ccc2N1. The van der Waals surface area contributed by atoms with E-state index in [1.54, 1.807) is 35.3 Å². The van der Waals surface area contributed by atoms with E-state index in [-0.39, 0.29) is 24.5 Å². The molecule has 1 aromatic heterocycles. The largest absolute Gasteiger partial charge is 0.482 e. The van der Waals surface area contributed by atoms with Gasteiger partial charge in [0.1, 0.15) is 5.75 Å². The molecule has 0 aliphatic carbocycles. The first-order chi connectivity index (χ1) is 11.7. The summed E-state index contributed by atoms with van der Waals surface area (Å²) in [7, 11) is 0. The lowest BCUT2D eigenvalue weighted by molar-refractivity contribution is -0.118. The van der Waals surface area contributed by atoms with Crippen molar-refractivity contribution in [3.05, 3.63) is 36.2 Å². The molecule has 1 N–H and O–H groups in total. The van der Waals surface area contributed by atoms with Crippen molar-refractivity contribution in [2.45, 2.75) is 25.4 Å². The van der Waals surface area contributed by atoms with Gasteiger partial charge in [-0.15, -0.1) is 5.10 Å². The third-order valence-corrected chi connectivity index (χ3v) is 4.37. The van der Waals surface area contributed by atoms with Crippen LogP contribution in [0.1, 0.15) is 23.2 Å². The van der Waals surface area contributed by atoms with Crippen LogP contribution in [0.25, 0.3) is 0 Å². The number of nitrogens with zero attached hydrogens (tertiary/aromatic N) is 4. The monoisotopic (exact) mass is 327 g/mol. The Morgan fingerprint density at radius 2 is 2.33 bits per heavy atom. The second kappa shape index (κ2) is 5.95. The lowest BCUT2D eigenvalue weighted by atomic mass is 10.1. The smallest absolute Gasteiger partial charge is 0.262 e. The van der Waals surface area contributed by atoms with E-state index in [1.165, 1.54) is 0 Å². The zero-order valence-electron chi connectivity index (χ0n) is 13.0. The van der Waals surface area contributed by atoms with Gasteiger partial charge in [-0.05, 0) is 31.0 Å². The summed E-state index contributed by atoms with van der Waals surface area (Å²) < 4.78 is 7.15. The highest BCUT2D eigenvalue weighted by Gasteiger charge is 2.30. The second-order valence-electron chi connectivity index (χ2n) is 5.97. The number of rotatable bonds is 3. The standard InChI is InChI=1S/C16H17N5O3/c22-15-10-24-14-8-11(3-4-13(14)18-15)16(23)21-6-1-2-12(21)9-20-7-5-17-19-20/h3-5,7-8,12H,1-2,6,9-10H2,(H,18,22)/t12-/m0/s1. The third-order valence-electron chi connectivity index (χ3n) is 4.37. The summed E-state index contributed by atoms with van der Waals surface area (Å²) in [6, 6.07) is 5.24. The number of amides is 2. The Balaban J connectivity index is 1.53. The van der Waals surface area contributed by atoms with Gasteiger partial charge < -0.3 is 15.0 Å². The van der Waals surface area contributed by atoms with Crippen LogP contribution in [0, 0.1) is 0 Å². The van der Waals surface area contributed by atoms with Gasteiger partial charge in [-0.2, -0.15) is 0 Å². The van der Waals surface area contributed by atoms with Crippen molar-refractivity contribution in [1.29, 1.82) is 0 Å². The van der Waals surface area contributed by atoms with E-state index in [4.69, 9.17) is 4.74 Å². The Bertz CT molecular complexity index is 774. The van der Waals surface area contributed by atoms with Crippen LogP contribution in [0.5, 0.6) is 5.75 Å². The normalized spacial score (nSPS) is 19.6. The van der Waals surface area contributed by atoms with E-state index in [2.05, 4.69) is 15.6 Å². The molecule has 2 aromatic rings. The molecule has 0 unspecified atom stereocenters. The maximum atomic E-state index is 12.9. The number of nitrogens with one attached hydrogen (secondary N) is 1. The maximum absolute atomic E-state index is 12.9. The molecule has 0 bridgehead atoms. The molecule has 1 atom stereocenters. The fourth-order valence-corrected chi connectivity index (χ4v) is 3.21. The van der Waals surface area contributed by atoms with Crippen LogP contribution in [0.15, 0.2) is 30.6 Å². The number of benzene rings is 1. The van der Waals surface area contributed by atoms with Crippen LogP contribution in [-0.4, -0.2) is 50.9 Å². The number of aromatic nitrogens is 3. The van der Waals surface area contributed by atoms with Gasteiger partial charge in [0.2, 0.25) is 0 Å². The van der Waals surface area contributed by atoms with Crippen molar-refractivity contribution in [3.63, 3.8) is 0 Å². The molecule has 2 amide bonds. The molecule has 2 aliphatic heterocycles. The van der Waals surface area contributed by atoms with E-state index in [0.717, 1.165) is 19.4 Å². The average molecular weight is 327 g/mol. The molecule has 1 fully saturated rings. The minimum atomic E-state index is -0.186. The molecule has 0 saturated carbocycles. The van der Waals surface area contributed by atoms with Gasteiger partial charge in [-0.3, -0.25) is 14.3 Å². The lowest BCUT2D eigenvalue weighted by Crippen LogP contribution is -2.38. The molecular formula is C16H17N5O3. The number of anilines is 1. The first-order valence-corrected chi connectivity index (χ1v) is 7.92. The topological polar surface area (TPSA) is 89.4 Å². The minimum Gasteiger partial charge on any atom is -0.482 e. The van der Waals surface area contributed by atoms with Gasteiger partial charge in [0.05, 0.1) is 24.5 Å². The van der Waals surface area contributed by atoms with Crippen LogP contribution in [0.2, 0.25) is 0 Å². The summed E-state index contributed by atoms with van der Waals surface area (Å²) in [6.45, 7) is 1.35. The van der Waals surface area contributed by atoms with E-state index in [1.807, 2.05) is 4.90 Å². The highest BCUT2D eigenvalue weighted by Crippen LogP contribution is 2.30. The van der Waals surface area contributed by atoms with Crippen molar-refractivity contribution < 1.29 is 14.3 Å². The number of hydrogen-bond donors (Lipinski definition) is 1. The lowest BCUT2D eigenvalue weighted by Gasteiger charge is -2.25. The van der Waals surface area contributed by atoms with E-state index in [0.29, 0.717) is 23.5 Å². The Kier molecular flexibility index (Phi) is 3.64. The van der Waals surface area contributed by atoms with Crippen molar-refractivity contribution >= 4 is 17.5 Å². The highest BCUT2D eigenvalue weighted by molar-refractivity contribution is 5.99. The molecule has 2 aliphatic rings. The third kappa shape index (κ3) is 2.70. The summed E-state index contributed by atoms with van der Waals surface area (Å²) >= 11 is 0. The highest BCUT2D eigenvalue weighted by atomic mass is 16.5. The van der Waals surface area contributed by atoms with Gasteiger partial charge in [0.25, 0.3) is 11.8 Å². The molecule has 8 heteroatoms. The van der Waals surface area contributed by atoms with Crippen LogP contribution >= 0.6 is 0 Å². The van der Waals surface area contributed by atoms with Gasteiger partial charge >= 0.3 is 0 Å². The number of likely N-dealkylation sites (tertiary alicyclic amines) is 1. The molecule has 124 valence electrons. The first kappa shape index (κ1) is 14.7. The molecule has 1 saturated heterocycles. The van der Waals surface area contributed by atoms with Crippen molar-refractivity contribution in [1.82, 2.24) is 19.9 Å². The molecule has 8 nitrogen and oxygen atoms in total. The zero-order valence-corrected chi connectivity index (χ0v) is 13.0. The minimum absolute atomic E-state index is 0.0245. The number of hydrogen-bond acceptors (Lipinski definition) is 5. The number of fused-ring (bicyclic) bond motifs is 1. The van der Waals surface area contributed by atoms with Crippen LogP contribution < -0.4 is 10.1 Å². The van der Waals surface area contributed by atoms with Crippen LogP contribution in [0.3, 0.4) is 0 Å². The predicted octanol–water partition coefficient (Wildman–Crippen LogP) is 0.914. The van der Waals surface area contributed by atoms with Gasteiger partial charge in [0.15, 0.2) is 6.61 Å². The van der Waals surface area contributed by atoms with E-state index < -0.39 is 0 Å². The van der Waals surface area contributed by atoms with Crippen molar-refractivity contribution in [3.8, 4) is 5.75 Å². The van der Waals surface area contributed by atoms with Gasteiger partial charge in [-0.25, -0.2) is 0 Å². The summed E-state index contributed by atoms with van der Waals surface area (Å²) in [5.41, 5.74) is 1.17. The summed E-state index contributed by atoms with van der Waals surface area (Å²) in [5, 5.41) is 10.5. The van der Waals surface area contributed by atoms with Crippen LogP contribution in [0.4, 0.5) is 5.69 Å². The Labute approximate surface area is 138 Å². The number of carbonyl (C=O) groups is 2. The van der Waals surface area contributed by atoms with Crippen molar-refractivity contribution in [2.24, 2.45) is 0 Å². The number of ether oxygens (including phenoxy) is 1. The second-order valence-corrected chi connectivity index (χ2v) is 5.97. The molecule has 1 aromatic carbocycles. The fourth-order valence-electron chi connectivity index (χ4n) is 3.21. The molecule has 24 heavy (non-hydrogen) atoms. The Hall–Kier alpha value is -2.90. The van der Waals surface area contributed by atoms with Crippen LogP contribution in [-0.2, 0) is 11.3 Å². The van der Waals surface area contributed by atoms with Gasteiger partial charge in [-0.1, -0.05) is 5.21 Å². The average Bonchev–Trinajstić information content (AvgIpc) is 3.26. The van der Waals surface area contributed by atoms with Crippen molar-refractivity contribution in [2.75, 3.05) is 18.5 Å². The van der Waals surface area contributed by atoms with Gasteiger partial charge in [0, 0.05) is 18.3 Å². The molecule has 0 spiro atoms. The first-order valence-electron chi connectivity index (χ1n) is 7.92. The van der Waals surface area contributed by atoms with E-state index in [9.17, 15) is 9.59 Å². The quantitative estimate of drug-likeness (QED) is 0.905. The zero-order chi connectivity index (χ0) is 16.5. The Morgan fingerprint density at radius 3 is 3.17 bits per heavy atom. The molecule has 4 rings (SSSR count).